The van der Waals surface area contributed by atoms with Crippen LogP contribution in [0.3, 0.4) is 0 Å². The summed E-state index contributed by atoms with van der Waals surface area (Å²) in [5, 5.41) is 13.7. The van der Waals surface area contributed by atoms with E-state index in [0.717, 1.165) is 12.5 Å². The second-order valence-corrected chi connectivity index (χ2v) is 1.97. The number of aliphatic carboxylic acids is 1. The Morgan fingerprint density at radius 1 is 1.75 bits per heavy atom. The van der Waals surface area contributed by atoms with E-state index in [1.54, 1.807) is 0 Å². The van der Waals surface area contributed by atoms with Crippen molar-refractivity contribution in [3.63, 3.8) is 0 Å². The maximum atomic E-state index is 10.0. The second-order valence-electron chi connectivity index (χ2n) is 1.97. The number of nitrogens with one attached hydrogen (secondary N) is 1. The third kappa shape index (κ3) is 11.6. The van der Waals surface area contributed by atoms with E-state index < -0.39 is 5.97 Å². The number of rotatable bonds is 4. The summed E-state index contributed by atoms with van der Waals surface area (Å²) >= 11 is 0. The zero-order valence-electron chi connectivity index (χ0n) is 7.16. The van der Waals surface area contributed by atoms with Crippen molar-refractivity contribution in [3.8, 4) is 0 Å². The lowest BCUT2D eigenvalue weighted by molar-refractivity contribution is -0.139. The Morgan fingerprint density at radius 3 is 2.25 bits per heavy atom. The second kappa shape index (κ2) is 9.81. The minimum Gasteiger partial charge on any atom is -0.481 e. The third-order valence-electron chi connectivity index (χ3n) is 1.19. The number of hydrogen-bond donors (Lipinski definition) is 2. The molecular weight excluding hydrogens is 162 g/mol. The van der Waals surface area contributed by atoms with E-state index in [4.69, 9.17) is 20.0 Å². The predicted molar refractivity (Wildman–Crippen MR) is 41.8 cm³/mol. The molecule has 70 valence electrons. The number of carboxylic acid groups (broad SMARTS) is 1. The molecule has 0 rings (SSSR count). The summed E-state index contributed by atoms with van der Waals surface area (Å²) in [6.45, 7) is 1.90. The van der Waals surface area contributed by atoms with Gasteiger partial charge in [-0.15, -0.1) is 0 Å². The summed E-state index contributed by atoms with van der Waals surface area (Å²) < 4.78 is 4.83. The van der Waals surface area contributed by atoms with Crippen LogP contribution in [0.15, 0.2) is 0 Å². The van der Waals surface area contributed by atoms with Crippen LogP contribution in [0.1, 0.15) is 19.8 Å². The lowest BCUT2D eigenvalue weighted by atomic mass is 10.2. The minimum absolute atomic E-state index is 0.104. The van der Waals surface area contributed by atoms with Gasteiger partial charge in [-0.05, 0) is 6.42 Å². The first kappa shape index (κ1) is 13.4. The van der Waals surface area contributed by atoms with Gasteiger partial charge in [-0.25, -0.2) is 10.2 Å². The van der Waals surface area contributed by atoms with Crippen molar-refractivity contribution in [1.82, 2.24) is 0 Å². The predicted octanol–water partition coefficient (Wildman–Crippen LogP) is 0.787. The molecule has 0 saturated carbocycles. The van der Waals surface area contributed by atoms with E-state index in [1.165, 1.54) is 7.11 Å². The smallest absolute Gasteiger partial charge is 0.305 e. The Balaban J connectivity index is 0. The molecule has 12 heavy (non-hydrogen) atoms. The molecule has 0 fully saturated rings. The van der Waals surface area contributed by atoms with Crippen molar-refractivity contribution < 1.29 is 19.4 Å². The molecule has 0 bridgehead atoms. The molecule has 5 nitrogen and oxygen atoms in total. The molecule has 0 aliphatic rings. The highest BCUT2D eigenvalue weighted by Crippen LogP contribution is 2.00. The van der Waals surface area contributed by atoms with Crippen LogP contribution in [0.5, 0.6) is 0 Å². The molecule has 1 unspecified atom stereocenters. The van der Waals surface area contributed by atoms with Gasteiger partial charge in [0.25, 0.3) is 0 Å². The van der Waals surface area contributed by atoms with Crippen molar-refractivity contribution in [1.29, 1.82) is 5.41 Å². The number of carboxylic acids is 1. The van der Waals surface area contributed by atoms with Crippen molar-refractivity contribution in [3.05, 3.63) is 0 Å². The molecule has 0 aliphatic heterocycles. The lowest BCUT2D eigenvalue weighted by Crippen LogP contribution is -2.14. The molecule has 2 N–H and O–H groups in total. The quantitative estimate of drug-likeness (QED) is 0.488. The van der Waals surface area contributed by atoms with Crippen LogP contribution in [0, 0.1) is 5.41 Å². The summed E-state index contributed by atoms with van der Waals surface area (Å²) in [5.74, 6) is -0.802. The van der Waals surface area contributed by atoms with Crippen molar-refractivity contribution in [2.45, 2.75) is 25.9 Å². The molecule has 0 spiro atoms. The molecule has 5 heteroatoms. The highest BCUT2D eigenvalue weighted by atomic mass is 16.5. The molecule has 0 aromatic heterocycles. The van der Waals surface area contributed by atoms with Gasteiger partial charge in [0.1, 0.15) is 0 Å². The van der Waals surface area contributed by atoms with Gasteiger partial charge in [0.05, 0.1) is 12.5 Å². The number of isocyanates is 1. The van der Waals surface area contributed by atoms with Crippen LogP contribution in [0.4, 0.5) is 0 Å². The van der Waals surface area contributed by atoms with E-state index >= 15 is 0 Å². The number of hydrogen-bond acceptors (Lipinski definition) is 4. The van der Waals surface area contributed by atoms with E-state index in [0.29, 0.717) is 0 Å². The van der Waals surface area contributed by atoms with Gasteiger partial charge in [-0.1, -0.05) is 6.92 Å². The maximum absolute atomic E-state index is 10.0. The van der Waals surface area contributed by atoms with Crippen LogP contribution in [0.2, 0.25) is 0 Å². The number of carbonyl (C=O) groups excluding carboxylic acids is 1. The van der Waals surface area contributed by atoms with Crippen LogP contribution < -0.4 is 0 Å². The first-order valence-electron chi connectivity index (χ1n) is 3.40. The Kier molecular flexibility index (Phi) is 11.0. The Labute approximate surface area is 70.9 Å². The third-order valence-corrected chi connectivity index (χ3v) is 1.19. The van der Waals surface area contributed by atoms with Gasteiger partial charge >= 0.3 is 5.97 Å². The van der Waals surface area contributed by atoms with E-state index in [2.05, 4.69) is 0 Å². The number of methoxy groups -OCH3 is 1. The van der Waals surface area contributed by atoms with E-state index in [1.807, 2.05) is 6.92 Å². The lowest BCUT2D eigenvalue weighted by Gasteiger charge is -2.07. The maximum Gasteiger partial charge on any atom is 0.305 e. The molecule has 0 aromatic carbocycles. The largest absolute Gasteiger partial charge is 0.481 e. The minimum atomic E-state index is -0.802. The topological polar surface area (TPSA) is 87.4 Å². The Bertz CT molecular complexity index is 147. The van der Waals surface area contributed by atoms with E-state index in [9.17, 15) is 4.79 Å². The van der Waals surface area contributed by atoms with Gasteiger partial charge in [0, 0.05) is 7.11 Å². The summed E-state index contributed by atoms with van der Waals surface area (Å²) in [7, 11) is 1.52. The van der Waals surface area contributed by atoms with Crippen molar-refractivity contribution in [2.24, 2.45) is 0 Å². The Morgan fingerprint density at radius 2 is 2.17 bits per heavy atom. The Hall–Kier alpha value is -1.19. The molecule has 0 aromatic rings. The summed E-state index contributed by atoms with van der Waals surface area (Å²) in [6, 6.07) is 0. The number of carbonyl (C=O) groups is 1. The molecule has 0 saturated heterocycles. The van der Waals surface area contributed by atoms with Crippen LogP contribution in [-0.4, -0.2) is 30.4 Å². The molecule has 0 heterocycles. The normalized spacial score (nSPS) is 10.5. The molecule has 0 radical (unpaired) electrons. The molecule has 1 atom stereocenters. The fourth-order valence-electron chi connectivity index (χ4n) is 0.589. The zero-order valence-corrected chi connectivity index (χ0v) is 7.16. The van der Waals surface area contributed by atoms with Gasteiger partial charge in [0.15, 0.2) is 0 Å². The fraction of sp³-hybridized carbons (Fsp3) is 0.714. The SMILES string of the molecule is CCC(CC(=O)O)OC.N=C=O. The van der Waals surface area contributed by atoms with Crippen molar-refractivity contribution >= 4 is 12.0 Å². The van der Waals surface area contributed by atoms with Gasteiger partial charge in [-0.2, -0.15) is 0 Å². The zero-order chi connectivity index (χ0) is 9.98. The number of ether oxygens (including phenoxy) is 1. The highest BCUT2D eigenvalue weighted by molar-refractivity contribution is 5.67. The summed E-state index contributed by atoms with van der Waals surface area (Å²) in [5.41, 5.74) is 0. The average Bonchev–Trinajstić information content (AvgIpc) is 2.01. The standard InChI is InChI=1S/C6H12O3.CHNO/c1-3-5(9-2)4-6(7)8;2-1-3/h5H,3-4H2,1-2H3,(H,7,8);2H. The van der Waals surface area contributed by atoms with Gasteiger partial charge in [-0.3, -0.25) is 4.79 Å². The summed E-state index contributed by atoms with van der Waals surface area (Å²) in [6.07, 6.45) is 1.48. The average molecular weight is 175 g/mol. The van der Waals surface area contributed by atoms with Crippen molar-refractivity contribution in [2.75, 3.05) is 7.11 Å². The van der Waals surface area contributed by atoms with Crippen LogP contribution >= 0.6 is 0 Å². The van der Waals surface area contributed by atoms with Gasteiger partial charge in [0.2, 0.25) is 6.08 Å². The first-order valence-corrected chi connectivity index (χ1v) is 3.40. The monoisotopic (exact) mass is 175 g/mol. The van der Waals surface area contributed by atoms with Crippen LogP contribution in [-0.2, 0) is 14.3 Å². The van der Waals surface area contributed by atoms with Gasteiger partial charge < -0.3 is 9.84 Å². The molecule has 0 amide bonds. The first-order chi connectivity index (χ1) is 5.62. The van der Waals surface area contributed by atoms with Crippen LogP contribution in [0.25, 0.3) is 0 Å². The molecule has 0 aliphatic carbocycles. The summed E-state index contributed by atoms with van der Waals surface area (Å²) in [4.78, 5) is 18.4. The highest BCUT2D eigenvalue weighted by Gasteiger charge is 2.07. The molecular formula is C7H13NO4. The van der Waals surface area contributed by atoms with E-state index in [-0.39, 0.29) is 12.5 Å². The fourth-order valence-corrected chi connectivity index (χ4v) is 0.589.